The number of nitrogens with zero attached hydrogens (tertiary/aromatic N) is 5. The van der Waals surface area contributed by atoms with Crippen LogP contribution in [0, 0.1) is 18.3 Å². The molecule has 12 heteroatoms. The van der Waals surface area contributed by atoms with Crippen molar-refractivity contribution < 1.29 is 31.3 Å². The van der Waals surface area contributed by atoms with Crippen molar-refractivity contribution in [3.8, 4) is 17.3 Å². The van der Waals surface area contributed by atoms with Gasteiger partial charge in [-0.2, -0.15) is 23.4 Å². The quantitative estimate of drug-likeness (QED) is 0.461. The molecule has 35 heavy (non-hydrogen) atoms. The fraction of sp³-hybridized carbons (Fsp3) is 0.348. The van der Waals surface area contributed by atoms with Crippen LogP contribution in [0.2, 0.25) is 0 Å². The van der Waals surface area contributed by atoms with Gasteiger partial charge in [0.25, 0.3) is 12.3 Å². The highest BCUT2D eigenvalue weighted by Gasteiger charge is 2.32. The van der Waals surface area contributed by atoms with Crippen LogP contribution in [0.25, 0.3) is 11.3 Å². The number of benzene rings is 1. The molecule has 0 atom stereocenters. The van der Waals surface area contributed by atoms with Crippen LogP contribution in [0.4, 0.5) is 22.0 Å². The van der Waals surface area contributed by atoms with Gasteiger partial charge in [0.15, 0.2) is 5.82 Å². The van der Waals surface area contributed by atoms with E-state index >= 15 is 0 Å². The zero-order valence-electron chi connectivity index (χ0n) is 18.3. The van der Waals surface area contributed by atoms with Gasteiger partial charge in [-0.15, -0.1) is 0 Å². The summed E-state index contributed by atoms with van der Waals surface area (Å²) in [6.45, 7) is 2.17. The summed E-state index contributed by atoms with van der Waals surface area (Å²) in [5.41, 5.74) is -2.55. The van der Waals surface area contributed by atoms with E-state index in [4.69, 9.17) is 4.52 Å². The number of nitriles is 1. The van der Waals surface area contributed by atoms with Gasteiger partial charge in [-0.3, -0.25) is 4.79 Å². The van der Waals surface area contributed by atoms with Crippen molar-refractivity contribution in [3.63, 3.8) is 0 Å². The van der Waals surface area contributed by atoms with Gasteiger partial charge in [0.05, 0.1) is 22.4 Å². The Morgan fingerprint density at radius 1 is 1.17 bits per heavy atom. The molecule has 0 saturated carbocycles. The Hall–Kier alpha value is -3.88. The number of likely N-dealkylation sites (tertiary alicyclic amines) is 1. The highest BCUT2D eigenvalue weighted by atomic mass is 19.4. The van der Waals surface area contributed by atoms with Gasteiger partial charge in [0.2, 0.25) is 5.89 Å². The zero-order valence-corrected chi connectivity index (χ0v) is 18.3. The second-order valence-electron chi connectivity index (χ2n) is 8.04. The number of carbonyl (C=O) groups excluding carboxylic acids is 1. The van der Waals surface area contributed by atoms with Crippen molar-refractivity contribution in [3.05, 3.63) is 64.4 Å². The molecule has 0 spiro atoms. The van der Waals surface area contributed by atoms with Gasteiger partial charge in [-0.05, 0) is 31.0 Å². The third-order valence-electron chi connectivity index (χ3n) is 5.79. The predicted molar refractivity (Wildman–Crippen MR) is 111 cm³/mol. The second-order valence-corrected chi connectivity index (χ2v) is 8.04. The monoisotopic (exact) mass is 491 g/mol. The highest BCUT2D eigenvalue weighted by Crippen LogP contribution is 2.34. The van der Waals surface area contributed by atoms with E-state index in [2.05, 4.69) is 15.1 Å². The first-order chi connectivity index (χ1) is 16.6. The standard InChI is InChI=1S/C23H18F5N5O2/c1-12-30-21(32-35-12)14-6-8-33(9-7-14)22(34)17-10-15(11-29)18(31-19(17)20(24)25)13-2-4-16(5-3-13)23(26,27)28/h2-5,10,14,20H,6-9H2,1H3. The van der Waals surface area contributed by atoms with Crippen LogP contribution in [0.1, 0.15) is 64.1 Å². The van der Waals surface area contributed by atoms with E-state index in [-0.39, 0.29) is 35.8 Å². The third-order valence-corrected chi connectivity index (χ3v) is 5.79. The van der Waals surface area contributed by atoms with Crippen molar-refractivity contribution in [1.82, 2.24) is 20.0 Å². The number of piperidine rings is 1. The van der Waals surface area contributed by atoms with Gasteiger partial charge in [0, 0.05) is 31.5 Å². The molecule has 3 heterocycles. The lowest BCUT2D eigenvalue weighted by atomic mass is 9.95. The summed E-state index contributed by atoms with van der Waals surface area (Å²) in [6, 6.07) is 6.48. The molecule has 4 rings (SSSR count). The largest absolute Gasteiger partial charge is 0.416 e. The smallest absolute Gasteiger partial charge is 0.340 e. The Kier molecular flexibility index (Phi) is 6.51. The maximum atomic E-state index is 13.9. The molecule has 1 aromatic carbocycles. The molecule has 0 aliphatic carbocycles. The minimum Gasteiger partial charge on any atom is -0.340 e. The molecule has 1 saturated heterocycles. The van der Waals surface area contributed by atoms with Gasteiger partial charge in [0.1, 0.15) is 11.8 Å². The van der Waals surface area contributed by atoms with Crippen molar-refractivity contribution in [2.75, 3.05) is 13.1 Å². The van der Waals surface area contributed by atoms with E-state index in [0.29, 0.717) is 24.6 Å². The summed E-state index contributed by atoms with van der Waals surface area (Å²) in [5.74, 6) is 0.201. The molecule has 0 N–H and O–H groups in total. The average molecular weight is 491 g/mol. The first-order valence-corrected chi connectivity index (χ1v) is 10.6. The Balaban J connectivity index is 1.62. The average Bonchev–Trinajstić information content (AvgIpc) is 3.28. The van der Waals surface area contributed by atoms with Gasteiger partial charge in [-0.25, -0.2) is 13.8 Å². The number of alkyl halides is 5. The molecule has 1 amide bonds. The number of carbonyl (C=O) groups is 1. The predicted octanol–water partition coefficient (Wildman–Crippen LogP) is 5.29. The lowest BCUT2D eigenvalue weighted by Gasteiger charge is -2.31. The molecule has 2 aromatic heterocycles. The molecule has 1 aliphatic rings. The SMILES string of the molecule is Cc1nc(C2CCN(C(=O)c3cc(C#N)c(-c4ccc(C(F)(F)F)cc4)nc3C(F)F)CC2)no1. The summed E-state index contributed by atoms with van der Waals surface area (Å²) < 4.78 is 71.4. The van der Waals surface area contributed by atoms with Crippen molar-refractivity contribution in [1.29, 1.82) is 5.26 Å². The van der Waals surface area contributed by atoms with Crippen LogP contribution in [0.3, 0.4) is 0 Å². The summed E-state index contributed by atoms with van der Waals surface area (Å²) in [6.07, 6.45) is -6.73. The molecular weight excluding hydrogens is 473 g/mol. The molecule has 7 nitrogen and oxygen atoms in total. The maximum Gasteiger partial charge on any atom is 0.416 e. The number of amides is 1. The molecule has 1 fully saturated rings. The van der Waals surface area contributed by atoms with Crippen LogP contribution in [0.15, 0.2) is 34.9 Å². The maximum absolute atomic E-state index is 13.9. The van der Waals surface area contributed by atoms with E-state index < -0.39 is 35.3 Å². The van der Waals surface area contributed by atoms with Gasteiger partial charge >= 0.3 is 6.18 Å². The van der Waals surface area contributed by atoms with Crippen LogP contribution in [-0.2, 0) is 6.18 Å². The number of aromatic nitrogens is 3. The first-order valence-electron chi connectivity index (χ1n) is 10.6. The first kappa shape index (κ1) is 24.3. The minimum absolute atomic E-state index is 0.0408. The van der Waals surface area contributed by atoms with Crippen molar-refractivity contribution >= 4 is 5.91 Å². The summed E-state index contributed by atoms with van der Waals surface area (Å²) in [7, 11) is 0. The van der Waals surface area contributed by atoms with Crippen molar-refractivity contribution in [2.24, 2.45) is 0 Å². The van der Waals surface area contributed by atoms with Gasteiger partial charge in [-0.1, -0.05) is 17.3 Å². The fourth-order valence-electron chi connectivity index (χ4n) is 3.98. The van der Waals surface area contributed by atoms with Crippen LogP contribution in [0.5, 0.6) is 0 Å². The lowest BCUT2D eigenvalue weighted by Crippen LogP contribution is -2.38. The Morgan fingerprint density at radius 2 is 1.83 bits per heavy atom. The summed E-state index contributed by atoms with van der Waals surface area (Å²) >= 11 is 0. The zero-order chi connectivity index (χ0) is 25.3. The molecule has 1 aliphatic heterocycles. The number of hydrogen-bond acceptors (Lipinski definition) is 6. The van der Waals surface area contributed by atoms with E-state index in [1.807, 2.05) is 0 Å². The number of halogens is 5. The number of rotatable bonds is 4. The molecule has 3 aromatic rings. The number of pyridine rings is 1. The van der Waals surface area contributed by atoms with E-state index in [1.54, 1.807) is 13.0 Å². The number of aryl methyl sites for hydroxylation is 1. The van der Waals surface area contributed by atoms with Crippen LogP contribution < -0.4 is 0 Å². The number of hydrogen-bond donors (Lipinski definition) is 0. The van der Waals surface area contributed by atoms with E-state index in [9.17, 15) is 32.0 Å². The van der Waals surface area contributed by atoms with Crippen LogP contribution >= 0.6 is 0 Å². The van der Waals surface area contributed by atoms with Crippen molar-refractivity contribution in [2.45, 2.75) is 38.3 Å². The highest BCUT2D eigenvalue weighted by molar-refractivity contribution is 5.96. The van der Waals surface area contributed by atoms with Crippen LogP contribution in [-0.4, -0.2) is 39.0 Å². The summed E-state index contributed by atoms with van der Waals surface area (Å²) in [5, 5.41) is 13.5. The minimum atomic E-state index is -4.58. The van der Waals surface area contributed by atoms with E-state index in [1.165, 1.54) is 4.90 Å². The molecule has 182 valence electrons. The lowest BCUT2D eigenvalue weighted by molar-refractivity contribution is -0.137. The second kappa shape index (κ2) is 9.40. The topological polar surface area (TPSA) is 95.9 Å². The molecular formula is C23H18F5N5O2. The Morgan fingerprint density at radius 3 is 2.34 bits per heavy atom. The third kappa shape index (κ3) is 4.99. The van der Waals surface area contributed by atoms with E-state index in [0.717, 1.165) is 30.3 Å². The molecule has 0 unspecified atom stereocenters. The summed E-state index contributed by atoms with van der Waals surface area (Å²) in [4.78, 5) is 22.5. The molecule has 0 radical (unpaired) electrons. The Bertz CT molecular complexity index is 1270. The Labute approximate surface area is 196 Å². The normalized spacial score (nSPS) is 14.9. The fourth-order valence-corrected chi connectivity index (χ4v) is 3.98. The molecule has 0 bridgehead atoms. The van der Waals surface area contributed by atoms with Gasteiger partial charge < -0.3 is 9.42 Å².